The van der Waals surface area contributed by atoms with E-state index in [1.165, 1.54) is 12.1 Å². The van der Waals surface area contributed by atoms with E-state index in [4.69, 9.17) is 0 Å². The minimum absolute atomic E-state index is 0.0186. The average Bonchev–Trinajstić information content (AvgIpc) is 2.77. The molecule has 2 aromatic carbocycles. The molecule has 1 amide bonds. The van der Waals surface area contributed by atoms with Gasteiger partial charge in [0.15, 0.2) is 0 Å². The number of carbonyl (C=O) groups is 1. The van der Waals surface area contributed by atoms with E-state index in [9.17, 15) is 28.6 Å². The summed E-state index contributed by atoms with van der Waals surface area (Å²) >= 11 is 0. The molecule has 1 saturated heterocycles. The molecule has 0 bridgehead atoms. The SMILES string of the molecule is CC(C(=O)Nc1ccc(S(F)(F)(F)(F)F)cc1)C1CCN(c2ccnc3ccc(F)cc23)CC1. The lowest BCUT2D eigenvalue weighted by Gasteiger charge is -2.40. The van der Waals surface area contributed by atoms with Crippen LogP contribution in [-0.4, -0.2) is 24.0 Å². The topological polar surface area (TPSA) is 45.2 Å². The van der Waals surface area contributed by atoms with Gasteiger partial charge >= 0.3 is 10.2 Å². The van der Waals surface area contributed by atoms with Gasteiger partial charge in [-0.25, -0.2) is 4.39 Å². The van der Waals surface area contributed by atoms with Gasteiger partial charge in [-0.15, -0.1) is 0 Å². The van der Waals surface area contributed by atoms with Gasteiger partial charge in [-0.1, -0.05) is 26.4 Å². The number of rotatable bonds is 5. The van der Waals surface area contributed by atoms with Crippen molar-refractivity contribution >= 4 is 38.4 Å². The molecule has 1 aliphatic rings. The summed E-state index contributed by atoms with van der Waals surface area (Å²) in [6.45, 7) is 3.00. The highest BCUT2D eigenvalue weighted by Gasteiger charge is 2.65. The maximum absolute atomic E-state index is 13.8. The molecule has 2 heterocycles. The summed E-state index contributed by atoms with van der Waals surface area (Å²) < 4.78 is 78.1. The third-order valence-electron chi connectivity index (χ3n) is 6.25. The van der Waals surface area contributed by atoms with Crippen molar-refractivity contribution in [3.63, 3.8) is 0 Å². The molecule has 1 N–H and O–H groups in total. The van der Waals surface area contributed by atoms with E-state index in [1.54, 1.807) is 19.2 Å². The van der Waals surface area contributed by atoms with E-state index >= 15 is 0 Å². The Morgan fingerprint density at radius 2 is 1.68 bits per heavy atom. The first kappa shape index (κ1) is 24.2. The highest BCUT2D eigenvalue weighted by Crippen LogP contribution is 3.02. The van der Waals surface area contributed by atoms with Crippen molar-refractivity contribution in [3.8, 4) is 0 Å². The quantitative estimate of drug-likeness (QED) is 0.366. The summed E-state index contributed by atoms with van der Waals surface area (Å²) in [6.07, 6.45) is 3.02. The van der Waals surface area contributed by atoms with Crippen molar-refractivity contribution in [2.45, 2.75) is 24.7 Å². The van der Waals surface area contributed by atoms with Crippen LogP contribution in [0.25, 0.3) is 10.9 Å². The fraction of sp³-hybridized carbons (Fsp3) is 0.304. The second kappa shape index (κ2) is 7.79. The van der Waals surface area contributed by atoms with Crippen molar-refractivity contribution in [3.05, 3.63) is 60.5 Å². The smallest absolute Gasteiger partial charge is 0.310 e. The third-order valence-corrected chi connectivity index (χ3v) is 7.41. The highest BCUT2D eigenvalue weighted by atomic mass is 32.5. The molecule has 3 aromatic rings. The molecule has 34 heavy (non-hydrogen) atoms. The standard InChI is InChI=1S/C23H23F6N3OS/c1-15(23(33)31-18-3-5-19(6-4-18)34(25,26,27,28)29)16-9-12-32(13-10-16)22-8-11-30-21-7-2-17(24)14-20(21)22/h2-8,11,14-16H,9-10,12-13H2,1H3,(H,31,33). The molecular weight excluding hydrogens is 480 g/mol. The highest BCUT2D eigenvalue weighted by molar-refractivity contribution is 8.45. The van der Waals surface area contributed by atoms with Crippen molar-refractivity contribution in [2.75, 3.05) is 23.3 Å². The summed E-state index contributed by atoms with van der Waals surface area (Å²) in [5, 5.41) is 3.22. The number of amides is 1. The summed E-state index contributed by atoms with van der Waals surface area (Å²) in [5.74, 6) is -1.17. The number of benzene rings is 2. The van der Waals surface area contributed by atoms with E-state index in [0.717, 1.165) is 17.8 Å². The summed E-state index contributed by atoms with van der Waals surface area (Å²) in [6, 6.07) is 8.47. The number of hydrogen-bond donors (Lipinski definition) is 1. The summed E-state index contributed by atoms with van der Waals surface area (Å²) in [4.78, 5) is 17.0. The van der Waals surface area contributed by atoms with Gasteiger partial charge in [0.05, 0.1) is 5.52 Å². The van der Waals surface area contributed by atoms with Crippen LogP contribution in [0.4, 0.5) is 35.2 Å². The summed E-state index contributed by atoms with van der Waals surface area (Å²) in [5.41, 5.74) is 1.57. The van der Waals surface area contributed by atoms with Gasteiger partial charge in [0.2, 0.25) is 5.91 Å². The predicted molar refractivity (Wildman–Crippen MR) is 122 cm³/mol. The zero-order valence-electron chi connectivity index (χ0n) is 18.2. The van der Waals surface area contributed by atoms with Crippen LogP contribution < -0.4 is 10.2 Å². The first-order valence-corrected chi connectivity index (χ1v) is 12.6. The number of pyridine rings is 1. The number of halogens is 6. The van der Waals surface area contributed by atoms with Crippen molar-refractivity contribution in [1.29, 1.82) is 0 Å². The second-order valence-electron chi connectivity index (χ2n) is 8.59. The number of piperidine rings is 1. The maximum atomic E-state index is 13.8. The van der Waals surface area contributed by atoms with Gasteiger partial charge in [-0.05, 0) is 67.3 Å². The van der Waals surface area contributed by atoms with E-state index in [0.29, 0.717) is 36.8 Å². The molecule has 1 atom stereocenters. The van der Waals surface area contributed by atoms with E-state index in [2.05, 4.69) is 15.2 Å². The Labute approximate surface area is 192 Å². The van der Waals surface area contributed by atoms with Crippen LogP contribution in [0.15, 0.2) is 59.6 Å². The lowest BCUT2D eigenvalue weighted by atomic mass is 9.84. The van der Waals surface area contributed by atoms with E-state index < -0.39 is 26.9 Å². The molecule has 0 spiro atoms. The van der Waals surface area contributed by atoms with Crippen molar-refractivity contribution < 1.29 is 28.6 Å². The van der Waals surface area contributed by atoms with E-state index in [1.807, 2.05) is 6.07 Å². The lowest BCUT2D eigenvalue weighted by Crippen LogP contribution is -2.38. The van der Waals surface area contributed by atoms with Gasteiger partial charge in [0.25, 0.3) is 0 Å². The number of nitrogens with one attached hydrogen (secondary N) is 1. The average molecular weight is 504 g/mol. The first-order valence-electron chi connectivity index (χ1n) is 10.7. The number of hydrogen-bond acceptors (Lipinski definition) is 3. The number of carbonyl (C=O) groups excluding carboxylic acids is 1. The lowest BCUT2D eigenvalue weighted by molar-refractivity contribution is -0.121. The Hall–Kier alpha value is -2.95. The molecule has 11 heteroatoms. The molecule has 0 saturated carbocycles. The zero-order valence-corrected chi connectivity index (χ0v) is 19.0. The number of nitrogens with zero attached hydrogens (tertiary/aromatic N) is 2. The molecule has 1 aromatic heterocycles. The molecule has 4 nitrogen and oxygen atoms in total. The van der Waals surface area contributed by atoms with Crippen LogP contribution >= 0.6 is 10.2 Å². The third kappa shape index (κ3) is 5.24. The minimum Gasteiger partial charge on any atom is -0.371 e. The summed E-state index contributed by atoms with van der Waals surface area (Å²) in [7, 11) is -9.75. The van der Waals surface area contributed by atoms with E-state index in [-0.39, 0.29) is 29.6 Å². The molecule has 1 aliphatic heterocycles. The van der Waals surface area contributed by atoms with Gasteiger partial charge in [-0.2, -0.15) is 0 Å². The molecule has 1 unspecified atom stereocenters. The Kier molecular flexibility index (Phi) is 5.54. The Bertz CT molecular complexity index is 1230. The molecule has 184 valence electrons. The monoisotopic (exact) mass is 503 g/mol. The van der Waals surface area contributed by atoms with Gasteiger partial charge in [0, 0.05) is 42.0 Å². The zero-order chi connectivity index (χ0) is 24.8. The fourth-order valence-corrected chi connectivity index (χ4v) is 4.94. The van der Waals surface area contributed by atoms with Crippen LogP contribution in [0.3, 0.4) is 0 Å². The van der Waals surface area contributed by atoms with Crippen LogP contribution in [0.5, 0.6) is 0 Å². The van der Waals surface area contributed by atoms with Crippen molar-refractivity contribution in [1.82, 2.24) is 4.98 Å². The van der Waals surface area contributed by atoms with Crippen LogP contribution in [0.1, 0.15) is 19.8 Å². The maximum Gasteiger partial charge on any atom is 0.310 e. The minimum atomic E-state index is -9.75. The number of anilines is 2. The molecule has 0 radical (unpaired) electrons. The molecule has 0 aliphatic carbocycles. The molecular formula is C23H23F6N3OS. The largest absolute Gasteiger partial charge is 0.371 e. The van der Waals surface area contributed by atoms with Crippen LogP contribution in [0, 0.1) is 17.7 Å². The molecule has 1 fully saturated rings. The normalized spacial score (nSPS) is 18.3. The number of fused-ring (bicyclic) bond motifs is 1. The Morgan fingerprint density at radius 1 is 1.03 bits per heavy atom. The van der Waals surface area contributed by atoms with Crippen molar-refractivity contribution in [2.24, 2.45) is 11.8 Å². The van der Waals surface area contributed by atoms with Crippen LogP contribution in [0.2, 0.25) is 0 Å². The first-order chi connectivity index (χ1) is 15.7. The van der Waals surface area contributed by atoms with Gasteiger partial charge in [-0.3, -0.25) is 9.78 Å². The second-order valence-corrected chi connectivity index (χ2v) is 11.0. The Morgan fingerprint density at radius 3 is 2.29 bits per heavy atom. The van der Waals surface area contributed by atoms with Gasteiger partial charge < -0.3 is 10.2 Å². The number of aromatic nitrogens is 1. The predicted octanol–water partition coefficient (Wildman–Crippen LogP) is 7.52. The van der Waals surface area contributed by atoms with Gasteiger partial charge in [0.1, 0.15) is 10.7 Å². The van der Waals surface area contributed by atoms with Crippen LogP contribution in [-0.2, 0) is 4.79 Å². The Balaban J connectivity index is 1.39. The molecule has 4 rings (SSSR count). The fourth-order valence-electron chi connectivity index (χ4n) is 4.29.